The van der Waals surface area contributed by atoms with Gasteiger partial charge in [0, 0.05) is 19.4 Å². The minimum Gasteiger partial charge on any atom is -0.481 e. The van der Waals surface area contributed by atoms with E-state index in [0.29, 0.717) is 0 Å². The molecule has 0 aliphatic heterocycles. The third-order valence-electron chi connectivity index (χ3n) is 8.32. The fourth-order valence-corrected chi connectivity index (χ4v) is 5.63. The quantitative estimate of drug-likeness (QED) is 0.0187. The lowest BCUT2D eigenvalue weighted by Gasteiger charge is -2.28. The van der Waals surface area contributed by atoms with Gasteiger partial charge in [-0.1, -0.05) is 39.8 Å². The summed E-state index contributed by atoms with van der Waals surface area (Å²) in [6, 6.07) is -3.90. The molecule has 0 fully saturated rings. The monoisotopic (exact) mass is 858 g/mol. The number of carbonyl (C=O) groups is 8. The summed E-state index contributed by atoms with van der Waals surface area (Å²) < 4.78 is 15.8. The highest BCUT2D eigenvalue weighted by molar-refractivity contribution is 7.46. The van der Waals surface area contributed by atoms with E-state index in [-0.39, 0.29) is 43.1 Å². The van der Waals surface area contributed by atoms with Crippen LogP contribution in [0.15, 0.2) is 29.3 Å². The zero-order valence-corrected chi connectivity index (χ0v) is 33.8. The number of carboxylic acids is 2. The van der Waals surface area contributed by atoms with Gasteiger partial charge in [-0.3, -0.25) is 48.3 Å². The number of carboxylic acid groups (broad SMARTS) is 2. The van der Waals surface area contributed by atoms with Crippen LogP contribution in [0.5, 0.6) is 5.75 Å². The van der Waals surface area contributed by atoms with E-state index >= 15 is 0 Å². The molecule has 0 radical (unpaired) electrons. The molecule has 6 amide bonds. The second-order valence-electron chi connectivity index (χ2n) is 14.1. The molecule has 330 valence electrons. The van der Waals surface area contributed by atoms with E-state index in [9.17, 15) is 53.1 Å². The maximum absolute atomic E-state index is 14.0. The van der Waals surface area contributed by atoms with Gasteiger partial charge in [0.15, 0.2) is 5.96 Å². The van der Waals surface area contributed by atoms with Crippen LogP contribution in [0.2, 0.25) is 0 Å². The molecule has 0 saturated heterocycles. The lowest BCUT2D eigenvalue weighted by Crippen LogP contribution is -2.61. The number of carbonyl (C=O) groups excluding carboxylic acids is 6. The lowest BCUT2D eigenvalue weighted by molar-refractivity contribution is -0.143. The minimum absolute atomic E-state index is 0.0706. The first-order valence-electron chi connectivity index (χ1n) is 18.2. The van der Waals surface area contributed by atoms with Crippen molar-refractivity contribution in [1.82, 2.24) is 26.6 Å². The fraction of sp³-hybridized carbons (Fsp3) is 0.559. The molecule has 0 spiro atoms. The van der Waals surface area contributed by atoms with Gasteiger partial charge >= 0.3 is 19.8 Å². The van der Waals surface area contributed by atoms with Gasteiger partial charge in [-0.25, -0.2) is 9.36 Å². The highest BCUT2D eigenvalue weighted by atomic mass is 31.2. The normalized spacial score (nSPS) is 14.3. The van der Waals surface area contributed by atoms with Gasteiger partial charge in [0.05, 0.1) is 12.5 Å². The van der Waals surface area contributed by atoms with Crippen molar-refractivity contribution in [3.63, 3.8) is 0 Å². The van der Waals surface area contributed by atoms with E-state index in [1.165, 1.54) is 39.8 Å². The van der Waals surface area contributed by atoms with Crippen LogP contribution < -0.4 is 54.0 Å². The predicted octanol–water partition coefficient (Wildman–Crippen LogP) is -3.36. The highest BCUT2D eigenvalue weighted by Crippen LogP contribution is 2.37. The molecule has 1 aromatic carbocycles. The van der Waals surface area contributed by atoms with Crippen LogP contribution in [0, 0.1) is 11.8 Å². The first kappa shape index (κ1) is 51.2. The van der Waals surface area contributed by atoms with E-state index in [2.05, 4.69) is 36.1 Å². The van der Waals surface area contributed by atoms with Crippen molar-refractivity contribution in [2.24, 2.45) is 39.8 Å². The van der Waals surface area contributed by atoms with E-state index in [1.807, 2.05) is 0 Å². The van der Waals surface area contributed by atoms with Gasteiger partial charge in [0.25, 0.3) is 0 Å². The van der Waals surface area contributed by atoms with Gasteiger partial charge in [0.1, 0.15) is 36.0 Å². The summed E-state index contributed by atoms with van der Waals surface area (Å²) >= 11 is 0. The van der Waals surface area contributed by atoms with Crippen molar-refractivity contribution in [1.29, 1.82) is 0 Å². The average Bonchev–Trinajstić information content (AvgIpc) is 3.11. The van der Waals surface area contributed by atoms with Crippen LogP contribution in [-0.2, 0) is 49.3 Å². The Morgan fingerprint density at radius 3 is 1.71 bits per heavy atom. The number of nitrogens with two attached hydrogens (primary N) is 4. The summed E-state index contributed by atoms with van der Waals surface area (Å²) in [6.07, 6.45) is -1.81. The number of aliphatic imine (C=N–C) groups is 1. The third kappa shape index (κ3) is 19.9. The number of phosphoric ester groups is 1. The Morgan fingerprint density at radius 2 is 1.22 bits per heavy atom. The number of phosphoric acid groups is 1. The van der Waals surface area contributed by atoms with E-state index in [1.54, 1.807) is 0 Å². The number of benzene rings is 1. The van der Waals surface area contributed by atoms with Crippen LogP contribution in [0.25, 0.3) is 0 Å². The number of aliphatic carboxylic acids is 2. The van der Waals surface area contributed by atoms with Crippen LogP contribution in [0.4, 0.5) is 0 Å². The number of hydrogen-bond donors (Lipinski definition) is 13. The van der Waals surface area contributed by atoms with Crippen molar-refractivity contribution < 1.29 is 67.4 Å². The minimum atomic E-state index is -4.93. The number of primary amides is 1. The highest BCUT2D eigenvalue weighted by Gasteiger charge is 2.35. The molecular weight excluding hydrogens is 803 g/mol. The molecule has 1 rings (SSSR count). The molecule has 25 heteroatoms. The van der Waals surface area contributed by atoms with Crippen LogP contribution in [0.3, 0.4) is 0 Å². The first-order chi connectivity index (χ1) is 27.3. The third-order valence-corrected chi connectivity index (χ3v) is 8.77. The van der Waals surface area contributed by atoms with Crippen molar-refractivity contribution in [2.45, 2.75) is 102 Å². The molecule has 1 aromatic rings. The number of amides is 6. The number of rotatable bonds is 26. The molecular formula is C34H55N10O14P. The molecule has 0 saturated carbocycles. The number of nitrogens with zero attached hydrogens (tertiary/aromatic N) is 1. The Kier molecular flexibility index (Phi) is 21.0. The molecule has 24 nitrogen and oxygen atoms in total. The standard InChI is InChI=1S/C34H55N10O14P/c1-16(2)26(32(52)42-23(15-24(36)45)31(51)44-27(17(3)4)33(53)54)43-30(50)22(14-18-7-9-19(10-8-18)58-59(55,56)57)41-29(49)21(11-12-25(46)47)40-28(48)20(35)6-5-13-39-34(37)38/h7-10,16-17,20-23,26-27H,5-6,11-15,35H2,1-4H3,(H2,36,45)(H,40,48)(H,41,49)(H,42,52)(H,43,50)(H,44,51)(H,46,47)(H,53,54)(H4,37,38,39)(H2,55,56,57)/t20-,21-,22-,23-,26-,27-/m0/s1. The summed E-state index contributed by atoms with van der Waals surface area (Å²) in [6.45, 7) is 6.20. The largest absolute Gasteiger partial charge is 0.524 e. The van der Waals surface area contributed by atoms with Crippen molar-refractivity contribution in [3.8, 4) is 5.75 Å². The SMILES string of the molecule is CC(C)[C@H](NC(=O)[C@H](CC(N)=O)NC(=O)[C@@H](NC(=O)[C@H](Cc1ccc(OP(=O)(O)O)cc1)NC(=O)[C@H](CCC(=O)O)NC(=O)[C@@H](N)CCCN=C(N)N)C(C)C)C(=O)O. The number of guanidine groups is 1. The molecule has 0 heterocycles. The van der Waals surface area contributed by atoms with E-state index < -0.39 is 123 Å². The lowest BCUT2D eigenvalue weighted by atomic mass is 9.99. The van der Waals surface area contributed by atoms with Crippen LogP contribution in [-0.4, -0.2) is 116 Å². The van der Waals surface area contributed by atoms with Gasteiger partial charge < -0.3 is 64.3 Å². The van der Waals surface area contributed by atoms with Gasteiger partial charge in [0.2, 0.25) is 35.4 Å². The molecule has 0 aromatic heterocycles. The summed E-state index contributed by atoms with van der Waals surface area (Å²) in [5.41, 5.74) is 22.1. The van der Waals surface area contributed by atoms with E-state index in [0.717, 1.165) is 12.1 Å². The average molecular weight is 859 g/mol. The van der Waals surface area contributed by atoms with Gasteiger partial charge in [-0.2, -0.15) is 0 Å². The molecule has 6 atom stereocenters. The van der Waals surface area contributed by atoms with Crippen molar-refractivity contribution in [2.75, 3.05) is 6.54 Å². The summed E-state index contributed by atoms with van der Waals surface area (Å²) in [5.74, 6) is -10.4. The fourth-order valence-electron chi connectivity index (χ4n) is 5.24. The Labute approximate surface area is 339 Å². The molecule has 0 aliphatic carbocycles. The Balaban J connectivity index is 3.49. The molecule has 17 N–H and O–H groups in total. The predicted molar refractivity (Wildman–Crippen MR) is 208 cm³/mol. The second kappa shape index (κ2) is 24.2. The zero-order valence-electron chi connectivity index (χ0n) is 33.0. The summed E-state index contributed by atoms with van der Waals surface area (Å²) in [7, 11) is -4.93. The van der Waals surface area contributed by atoms with Crippen molar-refractivity contribution in [3.05, 3.63) is 29.8 Å². The molecule has 59 heavy (non-hydrogen) atoms. The van der Waals surface area contributed by atoms with Gasteiger partial charge in [-0.05, 0) is 48.8 Å². The Morgan fingerprint density at radius 1 is 0.712 bits per heavy atom. The maximum Gasteiger partial charge on any atom is 0.524 e. The summed E-state index contributed by atoms with van der Waals surface area (Å²) in [5, 5.41) is 30.7. The first-order valence-corrected chi connectivity index (χ1v) is 19.7. The molecule has 0 aliphatic rings. The van der Waals surface area contributed by atoms with E-state index in [4.69, 9.17) is 32.7 Å². The molecule has 0 unspecified atom stereocenters. The second-order valence-corrected chi connectivity index (χ2v) is 15.2. The zero-order chi connectivity index (χ0) is 45.2. The van der Waals surface area contributed by atoms with Crippen LogP contribution in [0.1, 0.15) is 65.4 Å². The Hall–Kier alpha value is -5.84. The number of nitrogens with one attached hydrogen (secondary N) is 5. The number of hydrogen-bond acceptors (Lipinski definition) is 12. The van der Waals surface area contributed by atoms with Crippen LogP contribution >= 0.6 is 7.82 Å². The Bertz CT molecular complexity index is 1730. The smallest absolute Gasteiger partial charge is 0.481 e. The maximum atomic E-state index is 14.0. The summed E-state index contributed by atoms with van der Waals surface area (Å²) in [4.78, 5) is 124. The van der Waals surface area contributed by atoms with Crippen molar-refractivity contribution >= 4 is 61.2 Å². The van der Waals surface area contributed by atoms with Gasteiger partial charge in [-0.15, -0.1) is 0 Å². The topological polar surface area (TPSA) is 420 Å². The molecule has 0 bridgehead atoms.